The van der Waals surface area contributed by atoms with Crippen LogP contribution in [0.5, 0.6) is 5.75 Å². The first-order valence-electron chi connectivity index (χ1n) is 5.99. The van der Waals surface area contributed by atoms with E-state index < -0.39 is 0 Å². The molecule has 1 heterocycles. The number of methoxy groups -OCH3 is 1. The second-order valence-electron chi connectivity index (χ2n) is 4.48. The molecule has 1 aromatic carbocycles. The Morgan fingerprint density at radius 1 is 1.56 bits per heavy atom. The van der Waals surface area contributed by atoms with E-state index in [-0.39, 0.29) is 17.9 Å². The van der Waals surface area contributed by atoms with Crippen molar-refractivity contribution < 1.29 is 9.53 Å². The third kappa shape index (κ3) is 2.84. The zero-order valence-corrected chi connectivity index (χ0v) is 12.1. The summed E-state index contributed by atoms with van der Waals surface area (Å²) in [6, 6.07) is 5.76. The summed E-state index contributed by atoms with van der Waals surface area (Å²) in [7, 11) is 1.62. The number of anilines is 1. The van der Waals surface area contributed by atoms with Crippen molar-refractivity contribution in [1.29, 1.82) is 0 Å². The molecule has 2 atom stereocenters. The maximum absolute atomic E-state index is 12.1. The molecule has 1 aliphatic heterocycles. The second kappa shape index (κ2) is 5.71. The summed E-state index contributed by atoms with van der Waals surface area (Å²) in [4.78, 5) is 12.1. The number of carbonyl (C=O) groups is 1. The summed E-state index contributed by atoms with van der Waals surface area (Å²) in [6.45, 7) is 2.95. The van der Waals surface area contributed by atoms with Gasteiger partial charge in [0.2, 0.25) is 5.91 Å². The van der Waals surface area contributed by atoms with E-state index in [0.29, 0.717) is 0 Å². The van der Waals surface area contributed by atoms with Crippen LogP contribution in [0.15, 0.2) is 22.7 Å². The summed E-state index contributed by atoms with van der Waals surface area (Å²) in [5.74, 6) is 0.874. The minimum absolute atomic E-state index is 0.0471. The largest absolute Gasteiger partial charge is 0.496 e. The summed E-state index contributed by atoms with van der Waals surface area (Å²) < 4.78 is 5.99. The smallest absolute Gasteiger partial charge is 0.229 e. The second-order valence-corrected chi connectivity index (χ2v) is 5.33. The number of hydrogen-bond acceptors (Lipinski definition) is 3. The van der Waals surface area contributed by atoms with Crippen LogP contribution in [0.4, 0.5) is 5.69 Å². The fourth-order valence-corrected chi connectivity index (χ4v) is 2.74. The first kappa shape index (κ1) is 13.4. The Kier molecular flexibility index (Phi) is 4.24. The number of rotatable bonds is 3. The van der Waals surface area contributed by atoms with Gasteiger partial charge in [-0.1, -0.05) is 0 Å². The average Bonchev–Trinajstić information content (AvgIpc) is 2.76. The Hall–Kier alpha value is -1.07. The Morgan fingerprint density at radius 2 is 2.33 bits per heavy atom. The van der Waals surface area contributed by atoms with Gasteiger partial charge in [-0.15, -0.1) is 0 Å². The van der Waals surface area contributed by atoms with Crippen molar-refractivity contribution in [2.24, 2.45) is 5.92 Å². The zero-order valence-electron chi connectivity index (χ0n) is 10.5. The van der Waals surface area contributed by atoms with Gasteiger partial charge < -0.3 is 15.4 Å². The van der Waals surface area contributed by atoms with E-state index in [1.165, 1.54) is 0 Å². The maximum atomic E-state index is 12.1. The summed E-state index contributed by atoms with van der Waals surface area (Å²) in [6.07, 6.45) is 0.893. The molecule has 2 rings (SSSR count). The van der Waals surface area contributed by atoms with Crippen LogP contribution in [0, 0.1) is 5.92 Å². The summed E-state index contributed by atoms with van der Waals surface area (Å²) >= 11 is 3.40. The molecular formula is C13H17BrN2O2. The van der Waals surface area contributed by atoms with Crippen LogP contribution in [0.25, 0.3) is 0 Å². The van der Waals surface area contributed by atoms with E-state index in [2.05, 4.69) is 26.6 Å². The Labute approximate surface area is 115 Å². The molecule has 5 heteroatoms. The molecule has 0 spiro atoms. The summed E-state index contributed by atoms with van der Waals surface area (Å²) in [5.41, 5.74) is 0.784. The molecule has 1 aliphatic rings. The van der Waals surface area contributed by atoms with Gasteiger partial charge in [-0.25, -0.2) is 0 Å². The number of carbonyl (C=O) groups excluding carboxylic acids is 1. The molecule has 0 aliphatic carbocycles. The molecule has 2 unspecified atom stereocenters. The van der Waals surface area contributed by atoms with Crippen molar-refractivity contribution >= 4 is 27.5 Å². The minimum Gasteiger partial charge on any atom is -0.496 e. The summed E-state index contributed by atoms with van der Waals surface area (Å²) in [5, 5.41) is 6.22. The molecular weight excluding hydrogens is 296 g/mol. The first-order chi connectivity index (χ1) is 8.61. The standard InChI is InChI=1S/C13H17BrN2O2/c1-8-10(5-6-15-8)13(17)16-9-3-4-12(18-2)11(14)7-9/h3-4,7-8,10,15H,5-6H2,1-2H3,(H,16,17). The Balaban J connectivity index is 2.05. The molecule has 1 aromatic rings. The molecule has 18 heavy (non-hydrogen) atoms. The lowest BCUT2D eigenvalue weighted by molar-refractivity contribution is -0.120. The van der Waals surface area contributed by atoms with Crippen molar-refractivity contribution in [1.82, 2.24) is 5.32 Å². The third-order valence-electron chi connectivity index (χ3n) is 3.28. The SMILES string of the molecule is COc1ccc(NC(=O)C2CCNC2C)cc1Br. The Morgan fingerprint density at radius 3 is 2.89 bits per heavy atom. The molecule has 4 nitrogen and oxygen atoms in total. The molecule has 0 radical (unpaired) electrons. The van der Waals surface area contributed by atoms with Gasteiger partial charge in [-0.05, 0) is 54.0 Å². The lowest BCUT2D eigenvalue weighted by atomic mass is 10.0. The van der Waals surface area contributed by atoms with Crippen molar-refractivity contribution in [3.8, 4) is 5.75 Å². The fraction of sp³-hybridized carbons (Fsp3) is 0.462. The van der Waals surface area contributed by atoms with E-state index >= 15 is 0 Å². The van der Waals surface area contributed by atoms with Crippen LogP contribution in [0.1, 0.15) is 13.3 Å². The van der Waals surface area contributed by atoms with E-state index in [4.69, 9.17) is 4.74 Å². The van der Waals surface area contributed by atoms with Crippen LogP contribution in [-0.4, -0.2) is 25.6 Å². The lowest BCUT2D eigenvalue weighted by Crippen LogP contribution is -2.32. The highest BCUT2D eigenvalue weighted by atomic mass is 79.9. The van der Waals surface area contributed by atoms with Crippen molar-refractivity contribution in [3.63, 3.8) is 0 Å². The van der Waals surface area contributed by atoms with Crippen LogP contribution in [0.3, 0.4) is 0 Å². The average molecular weight is 313 g/mol. The first-order valence-corrected chi connectivity index (χ1v) is 6.79. The normalized spacial score (nSPS) is 22.8. The molecule has 1 amide bonds. The molecule has 1 fully saturated rings. The topological polar surface area (TPSA) is 50.4 Å². The maximum Gasteiger partial charge on any atom is 0.229 e. The van der Waals surface area contributed by atoms with E-state index in [0.717, 1.165) is 28.9 Å². The van der Waals surface area contributed by atoms with Gasteiger partial charge in [0, 0.05) is 11.7 Å². The zero-order chi connectivity index (χ0) is 13.1. The van der Waals surface area contributed by atoms with Gasteiger partial charge in [-0.3, -0.25) is 4.79 Å². The highest BCUT2D eigenvalue weighted by molar-refractivity contribution is 9.10. The van der Waals surface area contributed by atoms with Crippen LogP contribution in [-0.2, 0) is 4.79 Å². The van der Waals surface area contributed by atoms with Crippen LogP contribution >= 0.6 is 15.9 Å². The molecule has 0 aromatic heterocycles. The van der Waals surface area contributed by atoms with Crippen molar-refractivity contribution in [2.75, 3.05) is 19.0 Å². The number of amides is 1. The van der Waals surface area contributed by atoms with Gasteiger partial charge in [0.15, 0.2) is 0 Å². The van der Waals surface area contributed by atoms with Crippen LogP contribution in [0.2, 0.25) is 0 Å². The van der Waals surface area contributed by atoms with E-state index in [1.54, 1.807) is 7.11 Å². The number of ether oxygens (including phenoxy) is 1. The third-order valence-corrected chi connectivity index (χ3v) is 3.90. The van der Waals surface area contributed by atoms with Crippen molar-refractivity contribution in [2.45, 2.75) is 19.4 Å². The fourth-order valence-electron chi connectivity index (χ4n) is 2.20. The number of benzene rings is 1. The monoisotopic (exact) mass is 312 g/mol. The van der Waals surface area contributed by atoms with Gasteiger partial charge >= 0.3 is 0 Å². The molecule has 0 bridgehead atoms. The van der Waals surface area contributed by atoms with Crippen molar-refractivity contribution in [3.05, 3.63) is 22.7 Å². The Bertz CT molecular complexity index is 451. The predicted molar refractivity (Wildman–Crippen MR) is 74.9 cm³/mol. The molecule has 0 saturated carbocycles. The van der Waals surface area contributed by atoms with Gasteiger partial charge in [-0.2, -0.15) is 0 Å². The van der Waals surface area contributed by atoms with Gasteiger partial charge in [0.05, 0.1) is 17.5 Å². The molecule has 98 valence electrons. The predicted octanol–water partition coefficient (Wildman–Crippen LogP) is 2.39. The molecule has 1 saturated heterocycles. The van der Waals surface area contributed by atoms with E-state index in [1.807, 2.05) is 25.1 Å². The highest BCUT2D eigenvalue weighted by Crippen LogP contribution is 2.28. The van der Waals surface area contributed by atoms with Crippen LogP contribution < -0.4 is 15.4 Å². The molecule has 2 N–H and O–H groups in total. The quantitative estimate of drug-likeness (QED) is 0.901. The highest BCUT2D eigenvalue weighted by Gasteiger charge is 2.29. The lowest BCUT2D eigenvalue weighted by Gasteiger charge is -2.15. The van der Waals surface area contributed by atoms with E-state index in [9.17, 15) is 4.79 Å². The number of hydrogen-bond donors (Lipinski definition) is 2. The minimum atomic E-state index is 0.0471. The van der Waals surface area contributed by atoms with Gasteiger partial charge in [0.1, 0.15) is 5.75 Å². The number of nitrogens with one attached hydrogen (secondary N) is 2. The number of halogens is 1. The van der Waals surface area contributed by atoms with Gasteiger partial charge in [0.25, 0.3) is 0 Å².